The summed E-state index contributed by atoms with van der Waals surface area (Å²) in [6, 6.07) is 7.68. The topological polar surface area (TPSA) is 89.6 Å². The first-order valence-electron chi connectivity index (χ1n) is 6.99. The molecular formula is C15H12N6OS. The van der Waals surface area contributed by atoms with Crippen LogP contribution in [0, 0.1) is 6.92 Å². The Labute approximate surface area is 135 Å². The number of thiophene rings is 1. The predicted octanol–water partition coefficient (Wildman–Crippen LogP) is 3.06. The van der Waals surface area contributed by atoms with Crippen molar-refractivity contribution in [3.05, 3.63) is 47.5 Å². The van der Waals surface area contributed by atoms with Gasteiger partial charge in [0.1, 0.15) is 11.6 Å². The molecule has 23 heavy (non-hydrogen) atoms. The van der Waals surface area contributed by atoms with Gasteiger partial charge in [0.05, 0.1) is 16.8 Å². The van der Waals surface area contributed by atoms with Crippen LogP contribution in [-0.2, 0) is 6.54 Å². The van der Waals surface area contributed by atoms with E-state index in [-0.39, 0.29) is 0 Å². The van der Waals surface area contributed by atoms with Gasteiger partial charge in [-0.05, 0) is 30.5 Å². The fourth-order valence-corrected chi connectivity index (χ4v) is 2.84. The lowest BCUT2D eigenvalue weighted by atomic mass is 10.3. The number of nitrogens with zero attached hydrogens (tertiary/aromatic N) is 5. The molecule has 7 nitrogen and oxygen atoms in total. The third kappa shape index (κ3) is 2.76. The average Bonchev–Trinajstić information content (AvgIpc) is 3.23. The van der Waals surface area contributed by atoms with Gasteiger partial charge in [0.25, 0.3) is 5.89 Å². The summed E-state index contributed by atoms with van der Waals surface area (Å²) in [5, 5.41) is 10.1. The number of fused-ring (bicyclic) bond motifs is 1. The maximum absolute atomic E-state index is 5.27. The van der Waals surface area contributed by atoms with E-state index in [1.165, 1.54) is 0 Å². The van der Waals surface area contributed by atoms with E-state index >= 15 is 0 Å². The third-order valence-electron chi connectivity index (χ3n) is 3.20. The van der Waals surface area contributed by atoms with Gasteiger partial charge < -0.3 is 9.84 Å². The Bertz CT molecular complexity index is 950. The van der Waals surface area contributed by atoms with Crippen molar-refractivity contribution in [2.75, 3.05) is 5.32 Å². The maximum Gasteiger partial charge on any atom is 0.268 e. The molecule has 4 rings (SSSR count). The van der Waals surface area contributed by atoms with Gasteiger partial charge >= 0.3 is 0 Å². The van der Waals surface area contributed by atoms with E-state index in [9.17, 15) is 0 Å². The highest BCUT2D eigenvalue weighted by Crippen LogP contribution is 2.23. The first-order valence-corrected chi connectivity index (χ1v) is 7.87. The molecule has 0 atom stereocenters. The maximum atomic E-state index is 5.27. The number of anilines is 1. The normalized spacial score (nSPS) is 11.0. The Morgan fingerprint density at radius 1 is 1.17 bits per heavy atom. The molecule has 0 amide bonds. The Morgan fingerprint density at radius 2 is 2.13 bits per heavy atom. The molecule has 0 aliphatic heterocycles. The molecule has 1 N–H and O–H groups in total. The molecule has 0 bridgehead atoms. The second-order valence-corrected chi connectivity index (χ2v) is 5.79. The standard InChI is InChI=1S/C15H12N6OS/c1-9-18-13-10(4-2-6-16-13)14(19-9)17-8-12-20-15(22-21-12)11-5-3-7-23-11/h2-7H,8H2,1H3,(H,16,17,18,19). The van der Waals surface area contributed by atoms with Crippen LogP contribution in [0.3, 0.4) is 0 Å². The fourth-order valence-electron chi connectivity index (χ4n) is 2.19. The average molecular weight is 324 g/mol. The molecule has 0 saturated carbocycles. The van der Waals surface area contributed by atoms with Crippen LogP contribution >= 0.6 is 11.3 Å². The van der Waals surface area contributed by atoms with E-state index in [4.69, 9.17) is 4.52 Å². The molecule has 4 aromatic heterocycles. The summed E-state index contributed by atoms with van der Waals surface area (Å²) in [5.74, 6) is 2.47. The molecule has 8 heteroatoms. The van der Waals surface area contributed by atoms with Crippen molar-refractivity contribution in [3.63, 3.8) is 0 Å². The highest BCUT2D eigenvalue weighted by atomic mass is 32.1. The van der Waals surface area contributed by atoms with Crippen molar-refractivity contribution in [3.8, 4) is 10.8 Å². The lowest BCUT2D eigenvalue weighted by Gasteiger charge is -2.06. The number of hydrogen-bond acceptors (Lipinski definition) is 8. The van der Waals surface area contributed by atoms with Gasteiger partial charge in [-0.15, -0.1) is 11.3 Å². The Kier molecular flexibility index (Phi) is 3.43. The van der Waals surface area contributed by atoms with Gasteiger partial charge in [-0.3, -0.25) is 0 Å². The van der Waals surface area contributed by atoms with Crippen molar-refractivity contribution in [1.82, 2.24) is 25.1 Å². The van der Waals surface area contributed by atoms with Crippen LogP contribution in [0.25, 0.3) is 21.8 Å². The number of pyridine rings is 1. The van der Waals surface area contributed by atoms with E-state index in [2.05, 4.69) is 30.4 Å². The number of hydrogen-bond donors (Lipinski definition) is 1. The summed E-state index contributed by atoms with van der Waals surface area (Å²) in [5.41, 5.74) is 0.662. The molecule has 0 unspecified atom stereocenters. The van der Waals surface area contributed by atoms with E-state index in [1.807, 2.05) is 36.6 Å². The number of aryl methyl sites for hydroxylation is 1. The monoisotopic (exact) mass is 324 g/mol. The van der Waals surface area contributed by atoms with Crippen LogP contribution in [0.2, 0.25) is 0 Å². The highest BCUT2D eigenvalue weighted by Gasteiger charge is 2.11. The van der Waals surface area contributed by atoms with Gasteiger partial charge in [-0.25, -0.2) is 15.0 Å². The van der Waals surface area contributed by atoms with E-state index in [0.29, 0.717) is 35.5 Å². The summed E-state index contributed by atoms with van der Waals surface area (Å²) in [4.78, 5) is 18.3. The first kappa shape index (κ1) is 13.8. The molecule has 0 aromatic carbocycles. The van der Waals surface area contributed by atoms with Crippen molar-refractivity contribution < 1.29 is 4.52 Å². The minimum atomic E-state index is 0.412. The lowest BCUT2D eigenvalue weighted by molar-refractivity contribution is 0.424. The minimum absolute atomic E-state index is 0.412. The molecule has 0 spiro atoms. The minimum Gasteiger partial charge on any atom is -0.362 e. The van der Waals surface area contributed by atoms with E-state index < -0.39 is 0 Å². The number of rotatable bonds is 4. The molecule has 4 heterocycles. The zero-order valence-electron chi connectivity index (χ0n) is 12.2. The highest BCUT2D eigenvalue weighted by molar-refractivity contribution is 7.13. The zero-order valence-corrected chi connectivity index (χ0v) is 13.0. The van der Waals surface area contributed by atoms with Crippen LogP contribution in [0.1, 0.15) is 11.6 Å². The van der Waals surface area contributed by atoms with Gasteiger partial charge in [-0.2, -0.15) is 4.98 Å². The summed E-state index contributed by atoms with van der Waals surface area (Å²) in [7, 11) is 0. The van der Waals surface area contributed by atoms with Gasteiger partial charge in [0, 0.05) is 6.20 Å². The second kappa shape index (κ2) is 5.73. The summed E-state index contributed by atoms with van der Waals surface area (Å²) >= 11 is 1.56. The quantitative estimate of drug-likeness (QED) is 0.617. The van der Waals surface area contributed by atoms with Crippen molar-refractivity contribution >= 4 is 28.2 Å². The van der Waals surface area contributed by atoms with Crippen molar-refractivity contribution in [1.29, 1.82) is 0 Å². The Morgan fingerprint density at radius 3 is 3.00 bits per heavy atom. The van der Waals surface area contributed by atoms with Gasteiger partial charge in [-0.1, -0.05) is 11.2 Å². The second-order valence-electron chi connectivity index (χ2n) is 4.84. The lowest BCUT2D eigenvalue weighted by Crippen LogP contribution is -2.05. The molecule has 0 aliphatic rings. The molecule has 0 radical (unpaired) electrons. The first-order chi connectivity index (χ1) is 11.3. The Hall–Kier alpha value is -2.87. The van der Waals surface area contributed by atoms with E-state index in [1.54, 1.807) is 17.5 Å². The zero-order chi connectivity index (χ0) is 15.6. The van der Waals surface area contributed by atoms with Crippen LogP contribution in [0.15, 0.2) is 40.4 Å². The Balaban J connectivity index is 1.58. The van der Waals surface area contributed by atoms with Gasteiger partial charge in [0.2, 0.25) is 0 Å². The number of nitrogens with one attached hydrogen (secondary N) is 1. The summed E-state index contributed by atoms with van der Waals surface area (Å²) < 4.78 is 5.27. The number of aromatic nitrogens is 5. The summed E-state index contributed by atoms with van der Waals surface area (Å²) in [6.45, 7) is 2.25. The molecule has 0 fully saturated rings. The van der Waals surface area contributed by atoms with Crippen molar-refractivity contribution in [2.24, 2.45) is 0 Å². The largest absolute Gasteiger partial charge is 0.362 e. The summed E-state index contributed by atoms with van der Waals surface area (Å²) in [6.07, 6.45) is 1.71. The van der Waals surface area contributed by atoms with E-state index in [0.717, 1.165) is 10.3 Å². The van der Waals surface area contributed by atoms with Crippen LogP contribution in [-0.4, -0.2) is 25.1 Å². The predicted molar refractivity (Wildman–Crippen MR) is 87.0 cm³/mol. The van der Waals surface area contributed by atoms with Crippen LogP contribution < -0.4 is 5.32 Å². The fraction of sp³-hybridized carbons (Fsp3) is 0.133. The smallest absolute Gasteiger partial charge is 0.268 e. The molecular weight excluding hydrogens is 312 g/mol. The third-order valence-corrected chi connectivity index (χ3v) is 4.05. The SMILES string of the molecule is Cc1nc(NCc2noc(-c3cccs3)n2)c2cccnc2n1. The van der Waals surface area contributed by atoms with Crippen LogP contribution in [0.5, 0.6) is 0 Å². The van der Waals surface area contributed by atoms with Gasteiger partial charge in [0.15, 0.2) is 11.5 Å². The molecule has 4 aromatic rings. The van der Waals surface area contributed by atoms with Crippen molar-refractivity contribution in [2.45, 2.75) is 13.5 Å². The molecule has 0 aliphatic carbocycles. The van der Waals surface area contributed by atoms with Crippen LogP contribution in [0.4, 0.5) is 5.82 Å². The molecule has 114 valence electrons. The molecule has 0 saturated heterocycles.